The van der Waals surface area contributed by atoms with Crippen molar-refractivity contribution in [1.29, 1.82) is 0 Å². The van der Waals surface area contributed by atoms with Crippen LogP contribution in [0.15, 0.2) is 23.7 Å². The largest absolute Gasteiger partial charge is 0.474 e. The van der Waals surface area contributed by atoms with Crippen LogP contribution in [0.3, 0.4) is 0 Å². The van der Waals surface area contributed by atoms with E-state index >= 15 is 0 Å². The van der Waals surface area contributed by atoms with Crippen molar-refractivity contribution in [3.63, 3.8) is 0 Å². The molecule has 0 spiro atoms. The molecule has 6 nitrogen and oxygen atoms in total. The van der Waals surface area contributed by atoms with Crippen LogP contribution in [0.5, 0.6) is 0 Å². The number of carboxylic acid groups (broad SMARTS) is 1. The summed E-state index contributed by atoms with van der Waals surface area (Å²) in [5.41, 5.74) is 3.61. The number of thiazole rings is 1. The number of nitrogens with zero attached hydrogens (tertiary/aromatic N) is 2. The van der Waals surface area contributed by atoms with Gasteiger partial charge in [-0.2, -0.15) is 0 Å². The molecule has 2 heterocycles. The molecule has 1 aliphatic heterocycles. The fraction of sp³-hybridized carbons (Fsp3) is 0.526. The van der Waals surface area contributed by atoms with Crippen molar-refractivity contribution >= 4 is 33.4 Å². The van der Waals surface area contributed by atoms with E-state index in [0.29, 0.717) is 31.6 Å². The third-order valence-corrected chi connectivity index (χ3v) is 6.22. The molecule has 1 aromatic carbocycles. The van der Waals surface area contributed by atoms with E-state index in [0.717, 1.165) is 41.5 Å². The molecule has 1 atom stereocenters. The van der Waals surface area contributed by atoms with E-state index in [2.05, 4.69) is 4.98 Å². The van der Waals surface area contributed by atoms with Crippen LogP contribution in [-0.4, -0.2) is 46.1 Å². The molecule has 7 heteroatoms. The number of carbonyl (C=O) groups is 2. The number of fused-ring (bicyclic) bond motifs is 1. The van der Waals surface area contributed by atoms with Gasteiger partial charge in [0.2, 0.25) is 0 Å². The molecule has 0 bridgehead atoms. The molecule has 1 saturated heterocycles. The van der Waals surface area contributed by atoms with E-state index in [1.807, 2.05) is 18.2 Å². The SMILES string of the molecule is O=C(O)C(=O)N(Cc1ccc2scnc2c1)C(C1CCOCC1)C1CC1. The van der Waals surface area contributed by atoms with Gasteiger partial charge in [-0.25, -0.2) is 9.78 Å². The number of hydrogen-bond donors (Lipinski definition) is 1. The molecule has 1 amide bonds. The lowest BCUT2D eigenvalue weighted by Gasteiger charge is -2.38. The zero-order chi connectivity index (χ0) is 18.1. The molecule has 138 valence electrons. The minimum absolute atomic E-state index is 0.0198. The fourth-order valence-electron chi connectivity index (χ4n) is 4.02. The predicted octanol–water partition coefficient (Wildman–Crippen LogP) is 2.91. The highest BCUT2D eigenvalue weighted by molar-refractivity contribution is 7.16. The molecule has 1 aliphatic carbocycles. The van der Waals surface area contributed by atoms with Crippen LogP contribution < -0.4 is 0 Å². The lowest BCUT2D eigenvalue weighted by atomic mass is 9.87. The smallest absolute Gasteiger partial charge is 0.394 e. The van der Waals surface area contributed by atoms with Crippen molar-refractivity contribution in [2.45, 2.75) is 38.3 Å². The van der Waals surface area contributed by atoms with Gasteiger partial charge in [-0.05, 0) is 55.2 Å². The summed E-state index contributed by atoms with van der Waals surface area (Å²) in [5.74, 6) is -1.46. The first-order valence-corrected chi connectivity index (χ1v) is 9.95. The van der Waals surface area contributed by atoms with Gasteiger partial charge in [0.1, 0.15) is 0 Å². The first-order valence-electron chi connectivity index (χ1n) is 9.07. The van der Waals surface area contributed by atoms with Crippen LogP contribution in [-0.2, 0) is 20.9 Å². The molecule has 2 fully saturated rings. The number of hydrogen-bond acceptors (Lipinski definition) is 5. The number of aliphatic carboxylic acids is 1. The number of benzene rings is 1. The van der Waals surface area contributed by atoms with Crippen LogP contribution in [0.1, 0.15) is 31.2 Å². The number of carboxylic acids is 1. The Hall–Kier alpha value is -1.99. The van der Waals surface area contributed by atoms with E-state index in [-0.39, 0.29) is 6.04 Å². The Morgan fingerprint density at radius 1 is 1.23 bits per heavy atom. The Bertz CT molecular complexity index is 811. The van der Waals surface area contributed by atoms with E-state index in [1.165, 1.54) is 0 Å². The molecule has 0 radical (unpaired) electrons. The van der Waals surface area contributed by atoms with Gasteiger partial charge in [0.25, 0.3) is 0 Å². The second kappa shape index (κ2) is 7.32. The van der Waals surface area contributed by atoms with Crippen molar-refractivity contribution in [2.24, 2.45) is 11.8 Å². The maximum Gasteiger partial charge on any atom is 0.394 e. The molecule has 2 aromatic rings. The molecule has 4 rings (SSSR count). The number of rotatable bonds is 5. The van der Waals surface area contributed by atoms with Gasteiger partial charge < -0.3 is 14.7 Å². The molecule has 1 unspecified atom stereocenters. The van der Waals surface area contributed by atoms with Crippen molar-refractivity contribution < 1.29 is 19.4 Å². The molecule has 2 aliphatic rings. The molecule has 26 heavy (non-hydrogen) atoms. The Labute approximate surface area is 155 Å². The number of carbonyl (C=O) groups excluding carboxylic acids is 1. The summed E-state index contributed by atoms with van der Waals surface area (Å²) in [6, 6.07) is 5.90. The Balaban J connectivity index is 1.63. The lowest BCUT2D eigenvalue weighted by molar-refractivity contribution is -0.159. The molecular formula is C19H22N2O4S. The zero-order valence-electron chi connectivity index (χ0n) is 14.5. The van der Waals surface area contributed by atoms with Gasteiger partial charge in [0, 0.05) is 25.8 Å². The molecular weight excluding hydrogens is 352 g/mol. The normalized spacial score (nSPS) is 19.4. The summed E-state index contributed by atoms with van der Waals surface area (Å²) < 4.78 is 6.56. The van der Waals surface area contributed by atoms with E-state index < -0.39 is 11.9 Å². The van der Waals surface area contributed by atoms with Crippen LogP contribution in [0.2, 0.25) is 0 Å². The topological polar surface area (TPSA) is 79.7 Å². The average molecular weight is 374 g/mol. The monoisotopic (exact) mass is 374 g/mol. The molecule has 1 aromatic heterocycles. The van der Waals surface area contributed by atoms with Gasteiger partial charge in [-0.3, -0.25) is 4.79 Å². The highest BCUT2D eigenvalue weighted by atomic mass is 32.1. The number of ether oxygens (including phenoxy) is 1. The maximum atomic E-state index is 12.6. The fourth-order valence-corrected chi connectivity index (χ4v) is 4.68. The van der Waals surface area contributed by atoms with Crippen molar-refractivity contribution in [1.82, 2.24) is 9.88 Å². The minimum atomic E-state index is -1.38. The third-order valence-electron chi connectivity index (χ3n) is 5.41. The van der Waals surface area contributed by atoms with Gasteiger partial charge in [-0.15, -0.1) is 11.3 Å². The molecule has 1 saturated carbocycles. The van der Waals surface area contributed by atoms with Crippen LogP contribution in [0, 0.1) is 11.8 Å². The summed E-state index contributed by atoms with van der Waals surface area (Å²) in [5, 5.41) is 9.39. The molecule has 1 N–H and O–H groups in total. The van der Waals surface area contributed by atoms with Gasteiger partial charge in [0.05, 0.1) is 15.7 Å². The van der Waals surface area contributed by atoms with Gasteiger partial charge in [0.15, 0.2) is 0 Å². The minimum Gasteiger partial charge on any atom is -0.474 e. The van der Waals surface area contributed by atoms with Crippen molar-refractivity contribution in [3.8, 4) is 0 Å². The summed E-state index contributed by atoms with van der Waals surface area (Å²) >= 11 is 1.57. The number of amides is 1. The predicted molar refractivity (Wildman–Crippen MR) is 97.9 cm³/mol. The van der Waals surface area contributed by atoms with Gasteiger partial charge >= 0.3 is 11.9 Å². The third kappa shape index (κ3) is 3.59. The summed E-state index contributed by atoms with van der Waals surface area (Å²) in [6.07, 6.45) is 3.90. The van der Waals surface area contributed by atoms with E-state index in [1.54, 1.807) is 21.7 Å². The summed E-state index contributed by atoms with van der Waals surface area (Å²) in [7, 11) is 0. The lowest BCUT2D eigenvalue weighted by Crippen LogP contribution is -2.49. The van der Waals surface area contributed by atoms with Crippen LogP contribution in [0.25, 0.3) is 10.2 Å². The maximum absolute atomic E-state index is 12.6. The van der Waals surface area contributed by atoms with E-state index in [9.17, 15) is 14.7 Å². The van der Waals surface area contributed by atoms with Crippen LogP contribution in [0.4, 0.5) is 0 Å². The Morgan fingerprint density at radius 2 is 1.96 bits per heavy atom. The summed E-state index contributed by atoms with van der Waals surface area (Å²) in [6.45, 7) is 1.69. The zero-order valence-corrected chi connectivity index (χ0v) is 15.3. The highest BCUT2D eigenvalue weighted by Gasteiger charge is 2.43. The van der Waals surface area contributed by atoms with Gasteiger partial charge in [-0.1, -0.05) is 6.07 Å². The Kier molecular flexibility index (Phi) is 4.91. The second-order valence-corrected chi connectivity index (χ2v) is 8.06. The number of aromatic nitrogens is 1. The Morgan fingerprint density at radius 3 is 2.65 bits per heavy atom. The summed E-state index contributed by atoms with van der Waals surface area (Å²) in [4.78, 5) is 30.0. The van der Waals surface area contributed by atoms with Crippen LogP contribution >= 0.6 is 11.3 Å². The average Bonchev–Trinajstić information content (AvgIpc) is 3.37. The quantitative estimate of drug-likeness (QED) is 0.814. The standard InChI is InChI=1S/C19H22N2O4S/c22-18(19(23)24)21(10-12-1-4-16-15(9-12)20-11-26-16)17(13-2-3-13)14-5-7-25-8-6-14/h1,4,9,11,13-14,17H,2-3,5-8,10H2,(H,23,24). The van der Waals surface area contributed by atoms with E-state index in [4.69, 9.17) is 4.74 Å². The second-order valence-electron chi connectivity index (χ2n) is 7.17. The first-order chi connectivity index (χ1) is 12.6. The van der Waals surface area contributed by atoms with Crippen molar-refractivity contribution in [2.75, 3.05) is 13.2 Å². The first kappa shape index (κ1) is 17.4. The van der Waals surface area contributed by atoms with Crippen molar-refractivity contribution in [3.05, 3.63) is 29.3 Å². The highest BCUT2D eigenvalue weighted by Crippen LogP contribution is 2.42.